The Morgan fingerprint density at radius 2 is 1.81 bits per heavy atom. The van der Waals surface area contributed by atoms with Crippen LogP contribution in [0.5, 0.6) is 0 Å². The molecule has 1 N–H and O–H groups in total. The summed E-state index contributed by atoms with van der Waals surface area (Å²) in [5.41, 5.74) is 2.18. The predicted octanol–water partition coefficient (Wildman–Crippen LogP) is 3.52. The number of non-ortho nitro benzene ring substituents is 1. The number of carbonyl (C=O) groups excluding carboxylic acids is 1. The molecule has 1 atom stereocenters. The summed E-state index contributed by atoms with van der Waals surface area (Å²) in [6, 6.07) is 10.3. The monoisotopic (exact) mass is 475 g/mol. The molecule has 0 unspecified atom stereocenters. The van der Waals surface area contributed by atoms with E-state index < -0.39 is 26.9 Å². The first-order valence-electron chi connectivity index (χ1n) is 9.43. The molecule has 0 aliphatic heterocycles. The van der Waals surface area contributed by atoms with Gasteiger partial charge in [0.1, 0.15) is 11.0 Å². The van der Waals surface area contributed by atoms with Gasteiger partial charge in [-0.25, -0.2) is 8.42 Å². The Morgan fingerprint density at radius 3 is 2.41 bits per heavy atom. The number of nitro groups is 1. The Hall–Kier alpha value is -3.38. The molecule has 0 fully saturated rings. The van der Waals surface area contributed by atoms with Gasteiger partial charge in [0.15, 0.2) is 0 Å². The molecule has 10 nitrogen and oxygen atoms in total. The zero-order valence-corrected chi connectivity index (χ0v) is 19.4. The molecule has 3 rings (SSSR count). The minimum Gasteiger partial charge on any atom is -0.299 e. The Labute approximate surface area is 189 Å². The largest absolute Gasteiger partial charge is 0.299 e. The fourth-order valence-corrected chi connectivity index (χ4v) is 5.00. The van der Waals surface area contributed by atoms with Crippen LogP contribution in [0.2, 0.25) is 0 Å². The highest BCUT2D eigenvalue weighted by atomic mass is 32.2. The number of hydrogen-bond donors (Lipinski definition) is 1. The molecule has 0 spiro atoms. The topological polar surface area (TPSA) is 135 Å². The zero-order valence-electron chi connectivity index (χ0n) is 17.8. The van der Waals surface area contributed by atoms with Gasteiger partial charge in [-0.15, -0.1) is 10.2 Å². The van der Waals surface area contributed by atoms with E-state index in [0.29, 0.717) is 10.6 Å². The number of benzene rings is 2. The van der Waals surface area contributed by atoms with E-state index in [9.17, 15) is 23.3 Å². The lowest BCUT2D eigenvalue weighted by Gasteiger charge is -2.29. The Kier molecular flexibility index (Phi) is 6.55. The van der Waals surface area contributed by atoms with Crippen molar-refractivity contribution in [2.24, 2.45) is 0 Å². The highest BCUT2D eigenvalue weighted by molar-refractivity contribution is 7.92. The average Bonchev–Trinajstić information content (AvgIpc) is 3.17. The fraction of sp³-hybridized carbons (Fsp3) is 0.250. The third-order valence-electron chi connectivity index (χ3n) is 4.68. The minimum atomic E-state index is -3.94. The number of aryl methyl sites for hydroxylation is 2. The lowest BCUT2D eigenvalue weighted by Crippen LogP contribution is -2.45. The normalized spacial score (nSPS) is 12.2. The zero-order chi connectivity index (χ0) is 23.6. The molecule has 0 aliphatic carbocycles. The van der Waals surface area contributed by atoms with Gasteiger partial charge in [-0.3, -0.25) is 24.5 Å². The molecule has 12 heteroatoms. The van der Waals surface area contributed by atoms with Gasteiger partial charge in [0, 0.05) is 17.7 Å². The van der Waals surface area contributed by atoms with Crippen LogP contribution in [0.1, 0.15) is 18.1 Å². The molecule has 0 aliphatic rings. The van der Waals surface area contributed by atoms with Crippen LogP contribution in [0.4, 0.5) is 16.5 Å². The summed E-state index contributed by atoms with van der Waals surface area (Å²) in [6.07, 6.45) is 0.940. The van der Waals surface area contributed by atoms with E-state index in [-0.39, 0.29) is 16.5 Å². The number of nitrogens with one attached hydrogen (secondary N) is 1. The van der Waals surface area contributed by atoms with Crippen LogP contribution >= 0.6 is 11.3 Å². The van der Waals surface area contributed by atoms with Crippen LogP contribution < -0.4 is 9.62 Å². The molecule has 0 saturated carbocycles. The third kappa shape index (κ3) is 5.08. The number of nitrogens with zero attached hydrogens (tertiary/aromatic N) is 4. The summed E-state index contributed by atoms with van der Waals surface area (Å²) in [5.74, 6) is -0.645. The molecule has 168 valence electrons. The second kappa shape index (κ2) is 9.01. The van der Waals surface area contributed by atoms with Crippen molar-refractivity contribution in [3.8, 4) is 10.6 Å². The number of sulfonamides is 1. The van der Waals surface area contributed by atoms with Gasteiger partial charge in [0.25, 0.3) is 5.69 Å². The van der Waals surface area contributed by atoms with Crippen LogP contribution in [-0.2, 0) is 14.8 Å². The van der Waals surface area contributed by atoms with Crippen LogP contribution in [0.15, 0.2) is 42.5 Å². The van der Waals surface area contributed by atoms with Gasteiger partial charge in [0.2, 0.25) is 21.1 Å². The minimum absolute atomic E-state index is 0.0574. The van der Waals surface area contributed by atoms with Crippen molar-refractivity contribution in [2.75, 3.05) is 15.9 Å². The molecule has 1 aromatic heterocycles. The number of anilines is 2. The second-order valence-electron chi connectivity index (χ2n) is 7.23. The number of aromatic nitrogens is 2. The number of rotatable bonds is 7. The Balaban J connectivity index is 1.88. The first-order valence-corrected chi connectivity index (χ1v) is 12.1. The van der Waals surface area contributed by atoms with Gasteiger partial charge in [-0.1, -0.05) is 47.2 Å². The molecular weight excluding hydrogens is 454 g/mol. The van der Waals surface area contributed by atoms with Crippen molar-refractivity contribution in [1.82, 2.24) is 10.2 Å². The van der Waals surface area contributed by atoms with E-state index >= 15 is 0 Å². The molecule has 1 amide bonds. The van der Waals surface area contributed by atoms with Crippen molar-refractivity contribution in [3.63, 3.8) is 0 Å². The Morgan fingerprint density at radius 1 is 1.16 bits per heavy atom. The molecule has 3 aromatic rings. The molecule has 0 saturated heterocycles. The maximum Gasteiger partial charge on any atom is 0.271 e. The maximum absolute atomic E-state index is 12.9. The summed E-state index contributed by atoms with van der Waals surface area (Å²) >= 11 is 1.15. The molecule has 0 bridgehead atoms. The number of carbonyl (C=O) groups is 1. The molecular formula is C20H21N5O5S2. The molecule has 0 radical (unpaired) electrons. The molecule has 1 heterocycles. The van der Waals surface area contributed by atoms with Crippen molar-refractivity contribution in [1.29, 1.82) is 0 Å². The fourth-order valence-electron chi connectivity index (χ4n) is 3.03. The highest BCUT2D eigenvalue weighted by Gasteiger charge is 2.31. The number of hydrogen-bond acceptors (Lipinski definition) is 8. The lowest BCUT2D eigenvalue weighted by molar-refractivity contribution is -0.384. The van der Waals surface area contributed by atoms with Gasteiger partial charge in [-0.05, 0) is 26.3 Å². The third-order valence-corrected chi connectivity index (χ3v) is 6.80. The molecule has 2 aromatic carbocycles. The quantitative estimate of drug-likeness (QED) is 0.408. The summed E-state index contributed by atoms with van der Waals surface area (Å²) < 4.78 is 25.9. The van der Waals surface area contributed by atoms with Crippen molar-refractivity contribution < 1.29 is 18.1 Å². The van der Waals surface area contributed by atoms with Gasteiger partial charge < -0.3 is 0 Å². The summed E-state index contributed by atoms with van der Waals surface area (Å²) in [7, 11) is -3.94. The SMILES string of the molecule is Cc1ccc(-c2nnc(NC(=O)[C@@H](C)N(c3cc([N+](=O)[O-])ccc3C)S(C)(=O)=O)s2)cc1. The summed E-state index contributed by atoms with van der Waals surface area (Å²) in [6.45, 7) is 4.98. The van der Waals surface area contributed by atoms with Gasteiger partial charge in [-0.2, -0.15) is 0 Å². The number of amides is 1. The smallest absolute Gasteiger partial charge is 0.271 e. The average molecular weight is 476 g/mol. The summed E-state index contributed by atoms with van der Waals surface area (Å²) in [4.78, 5) is 23.4. The van der Waals surface area contributed by atoms with E-state index in [4.69, 9.17) is 0 Å². The first kappa shape index (κ1) is 23.3. The second-order valence-corrected chi connectivity index (χ2v) is 10.1. The van der Waals surface area contributed by atoms with E-state index in [1.807, 2.05) is 31.2 Å². The van der Waals surface area contributed by atoms with Gasteiger partial charge >= 0.3 is 0 Å². The Bertz CT molecular complexity index is 1270. The summed E-state index contributed by atoms with van der Waals surface area (Å²) in [5, 5.41) is 22.6. The van der Waals surface area contributed by atoms with E-state index in [2.05, 4.69) is 15.5 Å². The highest BCUT2D eigenvalue weighted by Crippen LogP contribution is 2.30. The van der Waals surface area contributed by atoms with Crippen LogP contribution in [0.25, 0.3) is 10.6 Å². The van der Waals surface area contributed by atoms with Crippen molar-refractivity contribution in [3.05, 3.63) is 63.7 Å². The van der Waals surface area contributed by atoms with E-state index in [0.717, 1.165) is 39.1 Å². The van der Waals surface area contributed by atoms with E-state index in [1.54, 1.807) is 6.92 Å². The van der Waals surface area contributed by atoms with Crippen LogP contribution in [0.3, 0.4) is 0 Å². The predicted molar refractivity (Wildman–Crippen MR) is 123 cm³/mol. The van der Waals surface area contributed by atoms with Crippen LogP contribution in [0, 0.1) is 24.0 Å². The van der Waals surface area contributed by atoms with E-state index in [1.165, 1.54) is 19.1 Å². The number of nitro benzene ring substituents is 1. The molecule has 32 heavy (non-hydrogen) atoms. The van der Waals surface area contributed by atoms with Crippen molar-refractivity contribution in [2.45, 2.75) is 26.8 Å². The standard InChI is InChI=1S/C20H21N5O5S2/c1-12-5-8-15(9-6-12)19-22-23-20(31-19)21-18(26)14(3)24(32(4,29)30)17-11-16(25(27)28)10-7-13(17)2/h5-11,14H,1-4H3,(H,21,23,26)/t14-/m1/s1. The van der Waals surface area contributed by atoms with Crippen LogP contribution in [-0.4, -0.2) is 41.7 Å². The first-order chi connectivity index (χ1) is 15.0. The van der Waals surface area contributed by atoms with Gasteiger partial charge in [0.05, 0.1) is 16.9 Å². The van der Waals surface area contributed by atoms with Crippen molar-refractivity contribution >= 4 is 43.8 Å². The lowest BCUT2D eigenvalue weighted by atomic mass is 10.1. The maximum atomic E-state index is 12.9.